The molecular weight excluding hydrogens is 364 g/mol. The molecule has 3 aromatic rings. The second kappa shape index (κ2) is 7.64. The van der Waals surface area contributed by atoms with Crippen LogP contribution < -0.4 is 10.1 Å². The highest BCUT2D eigenvalue weighted by atomic mass is 35.5. The Morgan fingerprint density at radius 1 is 1.26 bits per heavy atom. The first kappa shape index (κ1) is 18.7. The second-order valence-electron chi connectivity index (χ2n) is 6.73. The van der Waals surface area contributed by atoms with E-state index in [1.165, 1.54) is 0 Å². The van der Waals surface area contributed by atoms with Crippen LogP contribution in [0.25, 0.3) is 11.3 Å². The first-order valence-corrected chi connectivity index (χ1v) is 8.67. The first-order chi connectivity index (χ1) is 12.9. The largest absolute Gasteiger partial charge is 0.492 e. The molecule has 0 aliphatic heterocycles. The molecule has 0 fully saturated rings. The smallest absolute Gasteiger partial charge is 0.227 e. The van der Waals surface area contributed by atoms with Crippen molar-refractivity contribution in [3.63, 3.8) is 0 Å². The molecule has 138 valence electrons. The molecule has 27 heavy (non-hydrogen) atoms. The summed E-state index contributed by atoms with van der Waals surface area (Å²) in [6.07, 6.45) is 5.07. The second-order valence-corrected chi connectivity index (χ2v) is 7.13. The monoisotopic (exact) mass is 382 g/mol. The van der Waals surface area contributed by atoms with Crippen LogP contribution in [0.5, 0.6) is 5.75 Å². The number of hydrogen-bond donors (Lipinski definition) is 1. The SMILES string of the molecule is Cn1cc(Nc2ncc(Cl)c(-c3ccc(OCC(C)(C)C#N)cc3)n2)cn1. The molecule has 0 radical (unpaired) electrons. The molecule has 0 aliphatic carbocycles. The Kier molecular flexibility index (Phi) is 5.28. The molecular formula is C19H19ClN6O. The van der Waals surface area contributed by atoms with Gasteiger partial charge in [-0.1, -0.05) is 11.6 Å². The van der Waals surface area contributed by atoms with Crippen molar-refractivity contribution in [2.75, 3.05) is 11.9 Å². The lowest BCUT2D eigenvalue weighted by molar-refractivity contribution is 0.227. The summed E-state index contributed by atoms with van der Waals surface area (Å²) >= 11 is 6.28. The molecule has 0 saturated heterocycles. The van der Waals surface area contributed by atoms with Gasteiger partial charge in [-0.25, -0.2) is 9.97 Å². The highest BCUT2D eigenvalue weighted by Gasteiger charge is 2.17. The zero-order valence-electron chi connectivity index (χ0n) is 15.3. The predicted molar refractivity (Wildman–Crippen MR) is 104 cm³/mol. The number of ether oxygens (including phenoxy) is 1. The molecule has 1 N–H and O–H groups in total. The van der Waals surface area contributed by atoms with Crippen LogP contribution in [-0.2, 0) is 7.05 Å². The topological polar surface area (TPSA) is 88.6 Å². The van der Waals surface area contributed by atoms with Gasteiger partial charge in [-0.3, -0.25) is 4.68 Å². The molecule has 0 aliphatic rings. The number of anilines is 2. The lowest BCUT2D eigenvalue weighted by Gasteiger charge is -2.16. The van der Waals surface area contributed by atoms with Gasteiger partial charge in [0.05, 0.1) is 40.3 Å². The van der Waals surface area contributed by atoms with Gasteiger partial charge in [0.1, 0.15) is 12.4 Å². The molecule has 1 aromatic carbocycles. The van der Waals surface area contributed by atoms with E-state index in [-0.39, 0.29) is 0 Å². The lowest BCUT2D eigenvalue weighted by Crippen LogP contribution is -2.18. The van der Waals surface area contributed by atoms with E-state index in [0.29, 0.717) is 29.0 Å². The summed E-state index contributed by atoms with van der Waals surface area (Å²) in [5.74, 6) is 1.11. The van der Waals surface area contributed by atoms with Gasteiger partial charge < -0.3 is 10.1 Å². The first-order valence-electron chi connectivity index (χ1n) is 8.29. The summed E-state index contributed by atoms with van der Waals surface area (Å²) in [6, 6.07) is 9.61. The van der Waals surface area contributed by atoms with E-state index in [9.17, 15) is 0 Å². The van der Waals surface area contributed by atoms with Crippen molar-refractivity contribution in [3.8, 4) is 23.1 Å². The molecule has 7 nitrogen and oxygen atoms in total. The standard InChI is InChI=1S/C19H19ClN6O/c1-19(2,11-21)12-27-15-6-4-13(5-7-15)17-16(20)9-22-18(25-17)24-14-8-23-26(3)10-14/h4-10H,12H2,1-3H3,(H,22,24,25). The lowest BCUT2D eigenvalue weighted by atomic mass is 9.98. The number of nitrogens with zero attached hydrogens (tertiary/aromatic N) is 5. The Labute approximate surface area is 162 Å². The van der Waals surface area contributed by atoms with E-state index in [4.69, 9.17) is 21.6 Å². The number of nitrogens with one attached hydrogen (secondary N) is 1. The maximum Gasteiger partial charge on any atom is 0.227 e. The molecule has 8 heteroatoms. The minimum absolute atomic E-state index is 0.316. The molecule has 2 heterocycles. The van der Waals surface area contributed by atoms with Crippen LogP contribution in [-0.4, -0.2) is 26.4 Å². The van der Waals surface area contributed by atoms with Gasteiger partial charge >= 0.3 is 0 Å². The maximum absolute atomic E-state index is 9.06. The molecule has 0 saturated carbocycles. The Morgan fingerprint density at radius 3 is 2.63 bits per heavy atom. The average Bonchev–Trinajstić information content (AvgIpc) is 3.07. The number of halogens is 1. The van der Waals surface area contributed by atoms with E-state index < -0.39 is 5.41 Å². The Hall–Kier alpha value is -3.11. The van der Waals surface area contributed by atoms with Crippen molar-refractivity contribution in [2.45, 2.75) is 13.8 Å². The number of aryl methyl sites for hydroxylation is 1. The molecule has 0 spiro atoms. The number of hydrogen-bond acceptors (Lipinski definition) is 6. The maximum atomic E-state index is 9.06. The van der Waals surface area contributed by atoms with Gasteiger partial charge in [-0.15, -0.1) is 0 Å². The van der Waals surface area contributed by atoms with Gasteiger partial charge in [0, 0.05) is 18.8 Å². The van der Waals surface area contributed by atoms with Gasteiger partial charge in [-0.05, 0) is 38.1 Å². The van der Waals surface area contributed by atoms with Crippen molar-refractivity contribution >= 4 is 23.2 Å². The normalized spacial score (nSPS) is 11.1. The Bertz CT molecular complexity index is 975. The fraction of sp³-hybridized carbons (Fsp3) is 0.263. The predicted octanol–water partition coefficient (Wildman–Crippen LogP) is 4.20. The Morgan fingerprint density at radius 2 is 2.00 bits per heavy atom. The molecule has 2 aromatic heterocycles. The van der Waals surface area contributed by atoms with Gasteiger partial charge in [-0.2, -0.15) is 10.4 Å². The van der Waals surface area contributed by atoms with Crippen molar-refractivity contribution in [1.82, 2.24) is 19.7 Å². The minimum atomic E-state index is -0.540. The molecule has 0 bridgehead atoms. The van der Waals surface area contributed by atoms with Crippen molar-refractivity contribution in [3.05, 3.63) is 47.9 Å². The van der Waals surface area contributed by atoms with Crippen LogP contribution >= 0.6 is 11.6 Å². The molecule has 0 amide bonds. The summed E-state index contributed by atoms with van der Waals surface area (Å²) in [7, 11) is 1.83. The summed E-state index contributed by atoms with van der Waals surface area (Å²) in [5.41, 5.74) is 1.70. The van der Waals surface area contributed by atoms with Gasteiger partial charge in [0.2, 0.25) is 5.95 Å². The van der Waals surface area contributed by atoms with Crippen LogP contribution in [0.4, 0.5) is 11.6 Å². The zero-order chi connectivity index (χ0) is 19.4. The van der Waals surface area contributed by atoms with Crippen molar-refractivity contribution < 1.29 is 4.74 Å². The zero-order valence-corrected chi connectivity index (χ0v) is 16.0. The summed E-state index contributed by atoms with van der Waals surface area (Å²) in [4.78, 5) is 8.71. The van der Waals surface area contributed by atoms with Crippen molar-refractivity contribution in [2.24, 2.45) is 12.5 Å². The van der Waals surface area contributed by atoms with E-state index in [0.717, 1.165) is 11.3 Å². The fourth-order valence-corrected chi connectivity index (χ4v) is 2.45. The van der Waals surface area contributed by atoms with Crippen molar-refractivity contribution in [1.29, 1.82) is 5.26 Å². The summed E-state index contributed by atoms with van der Waals surface area (Å²) < 4.78 is 7.36. The third kappa shape index (κ3) is 4.74. The van der Waals surface area contributed by atoms with Crippen LogP contribution in [0.1, 0.15) is 13.8 Å². The van der Waals surface area contributed by atoms with E-state index in [2.05, 4.69) is 26.5 Å². The van der Waals surface area contributed by atoms with Crippen LogP contribution in [0.2, 0.25) is 5.02 Å². The third-order valence-corrected chi connectivity index (χ3v) is 4.01. The fourth-order valence-electron chi connectivity index (χ4n) is 2.25. The van der Waals surface area contributed by atoms with E-state index in [1.807, 2.05) is 51.4 Å². The van der Waals surface area contributed by atoms with Crippen LogP contribution in [0, 0.1) is 16.7 Å². The number of aromatic nitrogens is 4. The van der Waals surface area contributed by atoms with Crippen LogP contribution in [0.15, 0.2) is 42.9 Å². The minimum Gasteiger partial charge on any atom is -0.492 e. The number of nitriles is 1. The highest BCUT2D eigenvalue weighted by molar-refractivity contribution is 6.32. The molecule has 3 rings (SSSR count). The van der Waals surface area contributed by atoms with E-state index in [1.54, 1.807) is 17.1 Å². The van der Waals surface area contributed by atoms with Crippen LogP contribution in [0.3, 0.4) is 0 Å². The molecule has 0 atom stereocenters. The quantitative estimate of drug-likeness (QED) is 0.687. The number of benzene rings is 1. The van der Waals surface area contributed by atoms with E-state index >= 15 is 0 Å². The summed E-state index contributed by atoms with van der Waals surface area (Å²) in [5, 5.41) is 16.7. The van der Waals surface area contributed by atoms with Gasteiger partial charge in [0.25, 0.3) is 0 Å². The third-order valence-electron chi connectivity index (χ3n) is 3.74. The van der Waals surface area contributed by atoms with Gasteiger partial charge in [0.15, 0.2) is 0 Å². The highest BCUT2D eigenvalue weighted by Crippen LogP contribution is 2.29. The average molecular weight is 383 g/mol. The Balaban J connectivity index is 1.77. The summed E-state index contributed by atoms with van der Waals surface area (Å²) in [6.45, 7) is 3.98. The number of rotatable bonds is 6. The molecule has 0 unspecified atom stereocenters.